The first-order valence-electron chi connectivity index (χ1n) is 8.18. The molecule has 0 fully saturated rings. The molecule has 3 aromatic rings. The summed E-state index contributed by atoms with van der Waals surface area (Å²) in [6, 6.07) is 5.27. The minimum Gasteiger partial charge on any atom is -0.504 e. The van der Waals surface area contributed by atoms with E-state index in [0.29, 0.717) is 17.1 Å². The van der Waals surface area contributed by atoms with Gasteiger partial charge in [0.1, 0.15) is 11.2 Å². The van der Waals surface area contributed by atoms with Crippen LogP contribution in [0.5, 0.6) is 11.5 Å². The van der Waals surface area contributed by atoms with Gasteiger partial charge in [0.15, 0.2) is 17.3 Å². The lowest BCUT2D eigenvalue weighted by Crippen LogP contribution is -2.01. The van der Waals surface area contributed by atoms with Crippen molar-refractivity contribution in [1.82, 2.24) is 9.97 Å². The molecule has 25 heavy (non-hydrogen) atoms. The second-order valence-electron chi connectivity index (χ2n) is 5.88. The second-order valence-corrected chi connectivity index (χ2v) is 6.97. The minimum atomic E-state index is 0.0660. The maximum atomic E-state index is 10.1. The molecule has 7 heteroatoms. The number of benzene rings is 1. The van der Waals surface area contributed by atoms with Crippen LogP contribution in [0.25, 0.3) is 10.2 Å². The van der Waals surface area contributed by atoms with Crippen LogP contribution in [0.4, 0.5) is 5.82 Å². The van der Waals surface area contributed by atoms with E-state index in [9.17, 15) is 5.11 Å². The summed E-state index contributed by atoms with van der Waals surface area (Å²) in [5.41, 5.74) is 4.94. The molecule has 2 aromatic heterocycles. The van der Waals surface area contributed by atoms with Crippen LogP contribution in [0.15, 0.2) is 29.6 Å². The number of methoxy groups -OCH3 is 1. The van der Waals surface area contributed by atoms with E-state index in [0.717, 1.165) is 23.1 Å². The van der Waals surface area contributed by atoms with Gasteiger partial charge in [-0.3, -0.25) is 5.43 Å². The minimum absolute atomic E-state index is 0.0660. The fraction of sp³-hybridized carbons (Fsp3) is 0.278. The number of phenols is 1. The summed E-state index contributed by atoms with van der Waals surface area (Å²) in [4.78, 5) is 11.2. The van der Waals surface area contributed by atoms with Crippen LogP contribution < -0.4 is 10.2 Å². The van der Waals surface area contributed by atoms with Crippen molar-refractivity contribution in [2.24, 2.45) is 5.10 Å². The Kier molecular flexibility index (Phi) is 4.23. The van der Waals surface area contributed by atoms with Gasteiger partial charge in [-0.05, 0) is 43.4 Å². The van der Waals surface area contributed by atoms with Gasteiger partial charge in [0.25, 0.3) is 0 Å². The number of rotatable bonds is 4. The van der Waals surface area contributed by atoms with E-state index in [1.165, 1.54) is 30.4 Å². The fourth-order valence-electron chi connectivity index (χ4n) is 3.15. The summed E-state index contributed by atoms with van der Waals surface area (Å²) in [6.07, 6.45) is 7.75. The first-order chi connectivity index (χ1) is 12.3. The molecule has 0 amide bonds. The molecule has 0 saturated carbocycles. The number of aromatic hydroxyl groups is 1. The number of thiophene rings is 1. The molecule has 0 saturated heterocycles. The van der Waals surface area contributed by atoms with Gasteiger partial charge in [-0.15, -0.1) is 11.3 Å². The molecular formula is C18H18N4O2S. The summed E-state index contributed by atoms with van der Waals surface area (Å²) in [6.45, 7) is 0. The Bertz CT molecular complexity index is 952. The van der Waals surface area contributed by atoms with Crippen molar-refractivity contribution in [3.8, 4) is 11.5 Å². The Balaban J connectivity index is 1.64. The average molecular weight is 354 g/mol. The summed E-state index contributed by atoms with van der Waals surface area (Å²) >= 11 is 1.75. The molecule has 6 nitrogen and oxygen atoms in total. The molecule has 1 aliphatic carbocycles. The number of nitrogens with zero attached hydrogens (tertiary/aromatic N) is 3. The maximum Gasteiger partial charge on any atom is 0.166 e. The number of hydrazone groups is 1. The molecule has 1 aromatic carbocycles. The Morgan fingerprint density at radius 1 is 1.28 bits per heavy atom. The summed E-state index contributed by atoms with van der Waals surface area (Å²) in [5, 5.41) is 15.4. The van der Waals surface area contributed by atoms with E-state index in [2.05, 4.69) is 20.5 Å². The molecule has 128 valence electrons. The molecule has 2 N–H and O–H groups in total. The van der Waals surface area contributed by atoms with Crippen molar-refractivity contribution in [3.63, 3.8) is 0 Å². The summed E-state index contributed by atoms with van der Waals surface area (Å²) in [7, 11) is 1.52. The van der Waals surface area contributed by atoms with Gasteiger partial charge in [0.2, 0.25) is 0 Å². The number of hydrogen-bond acceptors (Lipinski definition) is 7. The molecule has 4 rings (SSSR count). The van der Waals surface area contributed by atoms with Gasteiger partial charge in [-0.1, -0.05) is 6.07 Å². The zero-order valence-electron chi connectivity index (χ0n) is 13.8. The van der Waals surface area contributed by atoms with Crippen LogP contribution in [-0.2, 0) is 12.8 Å². The molecule has 0 radical (unpaired) electrons. The van der Waals surface area contributed by atoms with Gasteiger partial charge in [0, 0.05) is 10.4 Å². The Labute approximate surface area is 149 Å². The molecule has 0 unspecified atom stereocenters. The molecule has 1 aliphatic rings. The standard InChI is InChI=1S/C18H18N4O2S/c1-24-13-7-4-5-11(16(13)23)9-21-22-17-15-12-6-2-3-8-14(12)25-18(15)20-10-19-17/h4-5,7,9-10,23H,2-3,6,8H2,1H3,(H,19,20,22)/b21-9-. The molecule has 0 bridgehead atoms. The number of nitrogens with one attached hydrogen (secondary N) is 1. The quantitative estimate of drug-likeness (QED) is 0.551. The van der Waals surface area contributed by atoms with E-state index in [1.54, 1.807) is 42.1 Å². The molecule has 0 spiro atoms. The number of aryl methyl sites for hydroxylation is 2. The third-order valence-electron chi connectivity index (χ3n) is 4.38. The molecule has 0 atom stereocenters. The van der Waals surface area contributed by atoms with Gasteiger partial charge >= 0.3 is 0 Å². The highest BCUT2D eigenvalue weighted by Crippen LogP contribution is 2.38. The first-order valence-corrected chi connectivity index (χ1v) is 9.00. The fourth-order valence-corrected chi connectivity index (χ4v) is 4.38. The van der Waals surface area contributed by atoms with Crippen LogP contribution in [-0.4, -0.2) is 28.4 Å². The van der Waals surface area contributed by atoms with Crippen molar-refractivity contribution < 1.29 is 9.84 Å². The van der Waals surface area contributed by atoms with Crippen LogP contribution in [0.2, 0.25) is 0 Å². The lowest BCUT2D eigenvalue weighted by atomic mass is 9.97. The lowest BCUT2D eigenvalue weighted by molar-refractivity contribution is 0.373. The number of aromatic nitrogens is 2. The number of fused-ring (bicyclic) bond motifs is 3. The van der Waals surface area contributed by atoms with Gasteiger partial charge in [-0.2, -0.15) is 5.10 Å². The first kappa shape index (κ1) is 15.8. The van der Waals surface area contributed by atoms with Gasteiger partial charge in [0.05, 0.1) is 18.7 Å². The monoisotopic (exact) mass is 354 g/mol. The third-order valence-corrected chi connectivity index (χ3v) is 5.58. The van der Waals surface area contributed by atoms with E-state index in [-0.39, 0.29) is 5.75 Å². The smallest absolute Gasteiger partial charge is 0.166 e. The van der Waals surface area contributed by atoms with Crippen LogP contribution >= 0.6 is 11.3 Å². The largest absolute Gasteiger partial charge is 0.504 e. The van der Waals surface area contributed by atoms with E-state index in [4.69, 9.17) is 4.74 Å². The molecule has 0 aliphatic heterocycles. The maximum absolute atomic E-state index is 10.1. The Morgan fingerprint density at radius 2 is 2.16 bits per heavy atom. The van der Waals surface area contributed by atoms with Crippen molar-refractivity contribution in [1.29, 1.82) is 0 Å². The average Bonchev–Trinajstić information content (AvgIpc) is 3.02. The summed E-state index contributed by atoms with van der Waals surface area (Å²) < 4.78 is 5.11. The number of ether oxygens (including phenoxy) is 1. The van der Waals surface area contributed by atoms with Crippen molar-refractivity contribution in [2.75, 3.05) is 12.5 Å². The van der Waals surface area contributed by atoms with E-state index in [1.807, 2.05) is 0 Å². The van der Waals surface area contributed by atoms with Crippen LogP contribution in [0.3, 0.4) is 0 Å². The predicted molar refractivity (Wildman–Crippen MR) is 99.9 cm³/mol. The van der Waals surface area contributed by atoms with Crippen molar-refractivity contribution >= 4 is 33.6 Å². The van der Waals surface area contributed by atoms with E-state index < -0.39 is 0 Å². The number of anilines is 1. The topological polar surface area (TPSA) is 79.6 Å². The van der Waals surface area contributed by atoms with Crippen molar-refractivity contribution in [2.45, 2.75) is 25.7 Å². The summed E-state index contributed by atoms with van der Waals surface area (Å²) in [5.74, 6) is 1.19. The van der Waals surface area contributed by atoms with Crippen molar-refractivity contribution in [3.05, 3.63) is 40.5 Å². The SMILES string of the molecule is COc1cccc(/C=N\Nc2ncnc3sc4c(c23)CCCC4)c1O. The van der Waals surface area contributed by atoms with Gasteiger partial charge in [-0.25, -0.2) is 9.97 Å². The Hall–Kier alpha value is -2.67. The van der Waals surface area contributed by atoms with E-state index >= 15 is 0 Å². The second kappa shape index (κ2) is 6.68. The highest BCUT2D eigenvalue weighted by Gasteiger charge is 2.19. The highest BCUT2D eigenvalue weighted by molar-refractivity contribution is 7.19. The molecular weight excluding hydrogens is 336 g/mol. The number of phenolic OH excluding ortho intramolecular Hbond substituents is 1. The predicted octanol–water partition coefficient (Wildman–Crippen LogP) is 3.73. The normalized spacial score (nSPS) is 14.0. The highest BCUT2D eigenvalue weighted by atomic mass is 32.1. The van der Waals surface area contributed by atoms with Gasteiger partial charge < -0.3 is 9.84 Å². The van der Waals surface area contributed by atoms with Crippen LogP contribution in [0, 0.1) is 0 Å². The lowest BCUT2D eigenvalue weighted by Gasteiger charge is -2.11. The number of para-hydroxylation sites is 1. The zero-order valence-corrected chi connectivity index (χ0v) is 14.6. The third kappa shape index (κ3) is 2.91. The number of hydrogen-bond donors (Lipinski definition) is 2. The zero-order chi connectivity index (χ0) is 17.2. The Morgan fingerprint density at radius 3 is 3.04 bits per heavy atom. The van der Waals surface area contributed by atoms with Crippen LogP contribution in [0.1, 0.15) is 28.8 Å². The molecule has 2 heterocycles.